The fourth-order valence-corrected chi connectivity index (χ4v) is 5.23. The van der Waals surface area contributed by atoms with E-state index in [0.717, 1.165) is 25.7 Å². The number of carbonyl (C=O) groups is 2. The van der Waals surface area contributed by atoms with Crippen molar-refractivity contribution in [2.75, 3.05) is 6.61 Å². The summed E-state index contributed by atoms with van der Waals surface area (Å²) in [6, 6.07) is 0. The second-order valence-electron chi connectivity index (χ2n) is 12.3. The molecule has 4 heteroatoms. The molecule has 0 bridgehead atoms. The second kappa shape index (κ2) is 33.2. The fraction of sp³-hybridized carbons (Fsp3) is 0.892. The standard InChI is InChI=1S/C37H70O4/c1-4-6-8-10-12-14-16-18-19-21-23-25-27-29-31-33-37(39)41-35(3)34-40-36(38)32-30-28-26-24-22-20-17-15-13-11-9-7-5-2/h18-19,35H,4-17,20-34H2,1-3H3/b19-18+/t35-/m0/s1. The third-order valence-electron chi connectivity index (χ3n) is 7.94. The van der Waals surface area contributed by atoms with Crippen LogP contribution in [0.5, 0.6) is 0 Å². The van der Waals surface area contributed by atoms with Crippen LogP contribution in [0.4, 0.5) is 0 Å². The molecule has 0 aliphatic carbocycles. The highest BCUT2D eigenvalue weighted by molar-refractivity contribution is 5.70. The Kier molecular flexibility index (Phi) is 32.1. The normalized spacial score (nSPS) is 12.2. The number of ether oxygens (including phenoxy) is 2. The predicted molar refractivity (Wildman–Crippen MR) is 176 cm³/mol. The van der Waals surface area contributed by atoms with Gasteiger partial charge in [0.1, 0.15) is 12.7 Å². The van der Waals surface area contributed by atoms with Crippen LogP contribution < -0.4 is 0 Å². The van der Waals surface area contributed by atoms with E-state index in [-0.39, 0.29) is 24.6 Å². The summed E-state index contributed by atoms with van der Waals surface area (Å²) in [7, 11) is 0. The molecule has 0 saturated heterocycles. The Balaban J connectivity index is 3.44. The van der Waals surface area contributed by atoms with E-state index >= 15 is 0 Å². The number of allylic oxidation sites excluding steroid dienone is 2. The van der Waals surface area contributed by atoms with Crippen LogP contribution in [0.3, 0.4) is 0 Å². The third kappa shape index (κ3) is 33.1. The zero-order valence-electron chi connectivity index (χ0n) is 27.9. The molecule has 0 aromatic heterocycles. The molecule has 0 fully saturated rings. The molecule has 0 aromatic rings. The van der Waals surface area contributed by atoms with Crippen LogP contribution in [0.1, 0.15) is 201 Å². The van der Waals surface area contributed by atoms with Crippen LogP contribution in [0.15, 0.2) is 12.2 Å². The average molecular weight is 579 g/mol. The number of unbranched alkanes of at least 4 members (excludes halogenated alkanes) is 23. The van der Waals surface area contributed by atoms with Crippen molar-refractivity contribution < 1.29 is 19.1 Å². The van der Waals surface area contributed by atoms with Gasteiger partial charge in [-0.25, -0.2) is 0 Å². The van der Waals surface area contributed by atoms with Crippen LogP contribution >= 0.6 is 0 Å². The van der Waals surface area contributed by atoms with E-state index in [1.807, 2.05) is 0 Å². The molecule has 0 heterocycles. The van der Waals surface area contributed by atoms with E-state index in [2.05, 4.69) is 26.0 Å². The summed E-state index contributed by atoms with van der Waals surface area (Å²) in [6.45, 7) is 6.50. The van der Waals surface area contributed by atoms with Crippen LogP contribution in [0.25, 0.3) is 0 Å². The summed E-state index contributed by atoms with van der Waals surface area (Å²) in [6.07, 6.45) is 38.2. The summed E-state index contributed by atoms with van der Waals surface area (Å²) in [5.41, 5.74) is 0. The maximum absolute atomic E-state index is 12.1. The molecule has 4 nitrogen and oxygen atoms in total. The van der Waals surface area contributed by atoms with Crippen molar-refractivity contribution >= 4 is 11.9 Å². The third-order valence-corrected chi connectivity index (χ3v) is 7.94. The number of carbonyl (C=O) groups excluding carboxylic acids is 2. The summed E-state index contributed by atoms with van der Waals surface area (Å²) < 4.78 is 10.7. The lowest BCUT2D eigenvalue weighted by Gasteiger charge is -2.13. The number of hydrogen-bond acceptors (Lipinski definition) is 4. The van der Waals surface area contributed by atoms with Gasteiger partial charge in [0, 0.05) is 12.8 Å². The first kappa shape index (κ1) is 39.7. The maximum atomic E-state index is 12.1. The molecular formula is C37H70O4. The minimum atomic E-state index is -0.374. The summed E-state index contributed by atoms with van der Waals surface area (Å²) >= 11 is 0. The van der Waals surface area contributed by atoms with E-state index in [0.29, 0.717) is 12.8 Å². The molecule has 0 unspecified atom stereocenters. The Morgan fingerprint density at radius 3 is 1.24 bits per heavy atom. The van der Waals surface area contributed by atoms with Gasteiger partial charge in [0.2, 0.25) is 0 Å². The maximum Gasteiger partial charge on any atom is 0.306 e. The molecule has 0 saturated carbocycles. The van der Waals surface area contributed by atoms with Crippen LogP contribution in [-0.2, 0) is 19.1 Å². The monoisotopic (exact) mass is 579 g/mol. The molecular weight excluding hydrogens is 508 g/mol. The average Bonchev–Trinajstić information content (AvgIpc) is 2.96. The van der Waals surface area contributed by atoms with Crippen molar-refractivity contribution in [3.63, 3.8) is 0 Å². The molecule has 0 N–H and O–H groups in total. The highest BCUT2D eigenvalue weighted by Crippen LogP contribution is 2.14. The molecule has 0 aliphatic heterocycles. The van der Waals surface area contributed by atoms with Crippen LogP contribution in [0, 0.1) is 0 Å². The number of rotatable bonds is 32. The first-order chi connectivity index (χ1) is 20.1. The van der Waals surface area contributed by atoms with Gasteiger partial charge in [-0.05, 0) is 45.4 Å². The molecule has 41 heavy (non-hydrogen) atoms. The van der Waals surface area contributed by atoms with Crippen molar-refractivity contribution in [2.45, 2.75) is 207 Å². The van der Waals surface area contributed by atoms with E-state index in [1.165, 1.54) is 141 Å². The van der Waals surface area contributed by atoms with Gasteiger partial charge in [-0.2, -0.15) is 0 Å². The van der Waals surface area contributed by atoms with Gasteiger partial charge in [-0.1, -0.05) is 154 Å². The van der Waals surface area contributed by atoms with E-state index < -0.39 is 0 Å². The lowest BCUT2D eigenvalue weighted by atomic mass is 10.0. The van der Waals surface area contributed by atoms with E-state index in [9.17, 15) is 9.59 Å². The van der Waals surface area contributed by atoms with Crippen LogP contribution in [0.2, 0.25) is 0 Å². The Morgan fingerprint density at radius 2 is 0.829 bits per heavy atom. The van der Waals surface area contributed by atoms with Gasteiger partial charge in [0.05, 0.1) is 0 Å². The van der Waals surface area contributed by atoms with Crippen LogP contribution in [-0.4, -0.2) is 24.6 Å². The zero-order valence-corrected chi connectivity index (χ0v) is 27.9. The summed E-state index contributed by atoms with van der Waals surface area (Å²) in [5.74, 6) is -0.351. The molecule has 0 spiro atoms. The lowest BCUT2D eigenvalue weighted by Crippen LogP contribution is -2.22. The van der Waals surface area contributed by atoms with E-state index in [1.54, 1.807) is 6.92 Å². The number of esters is 2. The molecule has 1 atom stereocenters. The van der Waals surface area contributed by atoms with Gasteiger partial charge < -0.3 is 9.47 Å². The predicted octanol–water partition coefficient (Wildman–Crippen LogP) is 12.0. The first-order valence-corrected chi connectivity index (χ1v) is 18.1. The topological polar surface area (TPSA) is 52.6 Å². The Labute approximate surface area is 256 Å². The zero-order chi connectivity index (χ0) is 30.1. The van der Waals surface area contributed by atoms with Gasteiger partial charge in [-0.3, -0.25) is 9.59 Å². The minimum absolute atomic E-state index is 0.162. The number of hydrogen-bond donors (Lipinski definition) is 0. The smallest absolute Gasteiger partial charge is 0.306 e. The van der Waals surface area contributed by atoms with Crippen molar-refractivity contribution in [1.29, 1.82) is 0 Å². The van der Waals surface area contributed by atoms with Gasteiger partial charge in [0.25, 0.3) is 0 Å². The van der Waals surface area contributed by atoms with Gasteiger partial charge in [0.15, 0.2) is 0 Å². The Bertz CT molecular complexity index is 585. The Hall–Kier alpha value is -1.32. The molecule has 0 radical (unpaired) electrons. The van der Waals surface area contributed by atoms with Gasteiger partial charge in [-0.15, -0.1) is 0 Å². The SMILES string of the molecule is CCCCCCCC/C=C/CCCCCCCC(=O)O[C@@H](C)COC(=O)CCCCCCCCCCCCCCC. The highest BCUT2D eigenvalue weighted by atomic mass is 16.6. The molecule has 0 amide bonds. The molecule has 0 rings (SSSR count). The Morgan fingerprint density at radius 1 is 0.488 bits per heavy atom. The highest BCUT2D eigenvalue weighted by Gasteiger charge is 2.12. The van der Waals surface area contributed by atoms with Gasteiger partial charge >= 0.3 is 11.9 Å². The first-order valence-electron chi connectivity index (χ1n) is 18.1. The molecule has 0 aromatic carbocycles. The summed E-state index contributed by atoms with van der Waals surface area (Å²) in [4.78, 5) is 24.1. The largest absolute Gasteiger partial charge is 0.462 e. The summed E-state index contributed by atoms with van der Waals surface area (Å²) in [5, 5.41) is 0. The second-order valence-corrected chi connectivity index (χ2v) is 12.3. The minimum Gasteiger partial charge on any atom is -0.462 e. The van der Waals surface area contributed by atoms with Crippen molar-refractivity contribution in [2.24, 2.45) is 0 Å². The molecule has 0 aliphatic rings. The van der Waals surface area contributed by atoms with Crippen molar-refractivity contribution in [3.8, 4) is 0 Å². The lowest BCUT2D eigenvalue weighted by molar-refractivity contribution is -0.158. The quantitative estimate of drug-likeness (QED) is 0.0452. The molecule has 242 valence electrons. The fourth-order valence-electron chi connectivity index (χ4n) is 5.23. The van der Waals surface area contributed by atoms with Crippen molar-refractivity contribution in [1.82, 2.24) is 0 Å². The van der Waals surface area contributed by atoms with Crippen molar-refractivity contribution in [3.05, 3.63) is 12.2 Å². The van der Waals surface area contributed by atoms with E-state index in [4.69, 9.17) is 9.47 Å².